The van der Waals surface area contributed by atoms with Crippen LogP contribution in [0.3, 0.4) is 0 Å². The molecule has 18 heavy (non-hydrogen) atoms. The van der Waals surface area contributed by atoms with Crippen LogP contribution in [-0.4, -0.2) is 4.98 Å². The third-order valence-electron chi connectivity index (χ3n) is 3.03. The fraction of sp³-hybridized carbons (Fsp3) is 0.267. The maximum absolute atomic E-state index is 4.36. The second kappa shape index (κ2) is 6.12. The Morgan fingerprint density at radius 3 is 2.67 bits per heavy atom. The van der Waals surface area contributed by atoms with Gasteiger partial charge >= 0.3 is 0 Å². The van der Waals surface area contributed by atoms with Gasteiger partial charge in [0.2, 0.25) is 0 Å². The molecule has 0 spiro atoms. The molecule has 1 atom stereocenters. The molecule has 0 aliphatic heterocycles. The standard InChI is InChI=1S/C15H17BrN2/c1-11-5-3-4-6-15(11)12(2)17-10-14-8-7-13(16)9-18-14/h3-9,12,17H,10H2,1-2H3/t12-/m1/s1. The fourth-order valence-electron chi connectivity index (χ4n) is 1.95. The van der Waals surface area contributed by atoms with E-state index in [9.17, 15) is 0 Å². The predicted octanol–water partition coefficient (Wildman–Crippen LogP) is 4.00. The Labute approximate surface area is 117 Å². The molecule has 0 bridgehead atoms. The highest BCUT2D eigenvalue weighted by molar-refractivity contribution is 9.10. The van der Waals surface area contributed by atoms with Crippen LogP contribution in [0.1, 0.15) is 29.8 Å². The largest absolute Gasteiger partial charge is 0.305 e. The van der Waals surface area contributed by atoms with Crippen molar-refractivity contribution >= 4 is 15.9 Å². The van der Waals surface area contributed by atoms with Crippen molar-refractivity contribution in [3.8, 4) is 0 Å². The summed E-state index contributed by atoms with van der Waals surface area (Å²) in [7, 11) is 0. The van der Waals surface area contributed by atoms with Crippen molar-refractivity contribution < 1.29 is 0 Å². The summed E-state index contributed by atoms with van der Waals surface area (Å²) in [5.74, 6) is 0. The van der Waals surface area contributed by atoms with Gasteiger partial charge in [-0.3, -0.25) is 4.98 Å². The summed E-state index contributed by atoms with van der Waals surface area (Å²) in [6.07, 6.45) is 1.83. The van der Waals surface area contributed by atoms with Crippen LogP contribution in [0.15, 0.2) is 47.1 Å². The smallest absolute Gasteiger partial charge is 0.0542 e. The van der Waals surface area contributed by atoms with Gasteiger partial charge in [-0.15, -0.1) is 0 Å². The first kappa shape index (κ1) is 13.2. The first-order valence-corrected chi connectivity index (χ1v) is 6.85. The van der Waals surface area contributed by atoms with Crippen molar-refractivity contribution in [3.63, 3.8) is 0 Å². The highest BCUT2D eigenvalue weighted by atomic mass is 79.9. The highest BCUT2D eigenvalue weighted by Crippen LogP contribution is 2.17. The Morgan fingerprint density at radius 2 is 2.00 bits per heavy atom. The van der Waals surface area contributed by atoms with Crippen LogP contribution in [0.2, 0.25) is 0 Å². The summed E-state index contributed by atoms with van der Waals surface area (Å²) >= 11 is 3.39. The summed E-state index contributed by atoms with van der Waals surface area (Å²) < 4.78 is 1.01. The number of nitrogens with one attached hydrogen (secondary N) is 1. The van der Waals surface area contributed by atoms with E-state index in [0.29, 0.717) is 6.04 Å². The van der Waals surface area contributed by atoms with E-state index < -0.39 is 0 Å². The molecular weight excluding hydrogens is 288 g/mol. The molecule has 2 rings (SSSR count). The lowest BCUT2D eigenvalue weighted by molar-refractivity contribution is 0.565. The lowest BCUT2D eigenvalue weighted by Crippen LogP contribution is -2.19. The minimum Gasteiger partial charge on any atom is -0.305 e. The van der Waals surface area contributed by atoms with Crippen molar-refractivity contribution in [1.82, 2.24) is 10.3 Å². The van der Waals surface area contributed by atoms with E-state index >= 15 is 0 Å². The van der Waals surface area contributed by atoms with Crippen molar-refractivity contribution in [2.75, 3.05) is 0 Å². The van der Waals surface area contributed by atoms with Crippen molar-refractivity contribution in [2.24, 2.45) is 0 Å². The van der Waals surface area contributed by atoms with Gasteiger partial charge in [0.25, 0.3) is 0 Å². The zero-order valence-corrected chi connectivity index (χ0v) is 12.2. The van der Waals surface area contributed by atoms with Gasteiger partial charge in [0.05, 0.1) is 5.69 Å². The van der Waals surface area contributed by atoms with Gasteiger partial charge < -0.3 is 5.32 Å². The quantitative estimate of drug-likeness (QED) is 0.923. The molecule has 1 aromatic carbocycles. The fourth-order valence-corrected chi connectivity index (χ4v) is 2.19. The molecule has 1 N–H and O–H groups in total. The minimum absolute atomic E-state index is 0.330. The number of pyridine rings is 1. The molecule has 1 heterocycles. The topological polar surface area (TPSA) is 24.9 Å². The monoisotopic (exact) mass is 304 g/mol. The Kier molecular flexibility index (Phi) is 4.50. The number of halogens is 1. The maximum atomic E-state index is 4.36. The van der Waals surface area contributed by atoms with E-state index in [1.54, 1.807) is 0 Å². The molecule has 0 amide bonds. The molecule has 94 valence electrons. The second-order valence-corrected chi connectivity index (χ2v) is 5.34. The van der Waals surface area contributed by atoms with Crippen LogP contribution in [0.25, 0.3) is 0 Å². The van der Waals surface area contributed by atoms with E-state index in [4.69, 9.17) is 0 Å². The molecule has 0 aliphatic rings. The van der Waals surface area contributed by atoms with E-state index in [-0.39, 0.29) is 0 Å². The van der Waals surface area contributed by atoms with Crippen LogP contribution in [0, 0.1) is 6.92 Å². The molecule has 1 aromatic heterocycles. The van der Waals surface area contributed by atoms with Gasteiger partial charge in [0, 0.05) is 23.3 Å². The van der Waals surface area contributed by atoms with E-state index in [1.807, 2.05) is 18.3 Å². The predicted molar refractivity (Wildman–Crippen MR) is 78.4 cm³/mol. The van der Waals surface area contributed by atoms with Crippen LogP contribution in [-0.2, 0) is 6.54 Å². The Bertz CT molecular complexity index is 508. The molecule has 0 saturated heterocycles. The number of aryl methyl sites for hydroxylation is 1. The van der Waals surface area contributed by atoms with Crippen molar-refractivity contribution in [3.05, 3.63) is 63.9 Å². The van der Waals surface area contributed by atoms with E-state index in [0.717, 1.165) is 16.7 Å². The Hall–Kier alpha value is -1.19. The number of hydrogen-bond donors (Lipinski definition) is 1. The summed E-state index contributed by atoms with van der Waals surface area (Å²) in [5, 5.41) is 3.50. The summed E-state index contributed by atoms with van der Waals surface area (Å²) in [4.78, 5) is 4.36. The Balaban J connectivity index is 1.98. The lowest BCUT2D eigenvalue weighted by Gasteiger charge is -2.16. The van der Waals surface area contributed by atoms with Crippen LogP contribution in [0.4, 0.5) is 0 Å². The number of hydrogen-bond acceptors (Lipinski definition) is 2. The van der Waals surface area contributed by atoms with Crippen molar-refractivity contribution in [2.45, 2.75) is 26.4 Å². The molecule has 0 saturated carbocycles. The summed E-state index contributed by atoms with van der Waals surface area (Å²) in [6.45, 7) is 5.11. The number of benzene rings is 1. The lowest BCUT2D eigenvalue weighted by atomic mass is 10.0. The minimum atomic E-state index is 0.330. The van der Waals surface area contributed by atoms with Crippen molar-refractivity contribution in [1.29, 1.82) is 0 Å². The van der Waals surface area contributed by atoms with Gasteiger partial charge in [0.15, 0.2) is 0 Å². The average Bonchev–Trinajstić information content (AvgIpc) is 2.38. The zero-order valence-electron chi connectivity index (χ0n) is 10.7. The Morgan fingerprint density at radius 1 is 1.22 bits per heavy atom. The SMILES string of the molecule is Cc1ccccc1[C@@H](C)NCc1ccc(Br)cn1. The molecule has 0 aliphatic carbocycles. The summed E-state index contributed by atoms with van der Waals surface area (Å²) in [6, 6.07) is 12.8. The third kappa shape index (κ3) is 3.40. The van der Waals surface area contributed by atoms with Gasteiger partial charge in [0.1, 0.15) is 0 Å². The zero-order chi connectivity index (χ0) is 13.0. The normalized spacial score (nSPS) is 12.4. The van der Waals surface area contributed by atoms with Crippen LogP contribution < -0.4 is 5.32 Å². The first-order chi connectivity index (χ1) is 8.66. The third-order valence-corrected chi connectivity index (χ3v) is 3.50. The van der Waals surface area contributed by atoms with Gasteiger partial charge in [-0.25, -0.2) is 0 Å². The number of rotatable bonds is 4. The number of nitrogens with zero attached hydrogens (tertiary/aromatic N) is 1. The number of aromatic nitrogens is 1. The van der Waals surface area contributed by atoms with E-state index in [2.05, 4.69) is 64.3 Å². The highest BCUT2D eigenvalue weighted by Gasteiger charge is 2.07. The molecule has 0 unspecified atom stereocenters. The van der Waals surface area contributed by atoms with Gasteiger partial charge in [-0.2, -0.15) is 0 Å². The molecule has 2 nitrogen and oxygen atoms in total. The average molecular weight is 305 g/mol. The second-order valence-electron chi connectivity index (χ2n) is 4.43. The van der Waals surface area contributed by atoms with Gasteiger partial charge in [-0.05, 0) is 53.0 Å². The maximum Gasteiger partial charge on any atom is 0.0542 e. The van der Waals surface area contributed by atoms with E-state index in [1.165, 1.54) is 11.1 Å². The summed E-state index contributed by atoms with van der Waals surface area (Å²) in [5.41, 5.74) is 3.72. The molecule has 3 heteroatoms. The molecule has 2 aromatic rings. The molecule has 0 fully saturated rings. The first-order valence-electron chi connectivity index (χ1n) is 6.06. The molecule has 0 radical (unpaired) electrons. The molecular formula is C15H17BrN2. The van der Waals surface area contributed by atoms with Crippen LogP contribution in [0.5, 0.6) is 0 Å². The van der Waals surface area contributed by atoms with Crippen LogP contribution >= 0.6 is 15.9 Å². The van der Waals surface area contributed by atoms with Gasteiger partial charge in [-0.1, -0.05) is 24.3 Å².